The summed E-state index contributed by atoms with van der Waals surface area (Å²) < 4.78 is 0.950. The Morgan fingerprint density at radius 3 is 2.48 bits per heavy atom. The molecule has 2 rings (SSSR count). The predicted octanol–water partition coefficient (Wildman–Crippen LogP) is 3.68. The fourth-order valence-electron chi connectivity index (χ4n) is 1.59. The summed E-state index contributed by atoms with van der Waals surface area (Å²) in [5.74, 6) is 6.97. The molecule has 21 heavy (non-hydrogen) atoms. The van der Waals surface area contributed by atoms with Crippen molar-refractivity contribution in [3.05, 3.63) is 34.2 Å². The zero-order valence-corrected chi connectivity index (χ0v) is 14.8. The maximum Gasteiger partial charge on any atom is 0.147 e. The van der Waals surface area contributed by atoms with E-state index in [-0.39, 0.29) is 5.41 Å². The number of hydrazine groups is 1. The molecular formula is C14H18BrN5S. The van der Waals surface area contributed by atoms with E-state index < -0.39 is 0 Å². The number of anilines is 1. The summed E-state index contributed by atoms with van der Waals surface area (Å²) in [6, 6.07) is 3.90. The van der Waals surface area contributed by atoms with Gasteiger partial charge in [0.05, 0.1) is 0 Å². The molecule has 2 aromatic rings. The summed E-state index contributed by atoms with van der Waals surface area (Å²) in [6.07, 6.45) is 1.77. The minimum Gasteiger partial charge on any atom is -0.308 e. The molecule has 0 fully saturated rings. The predicted molar refractivity (Wildman–Crippen MR) is 89.3 cm³/mol. The molecule has 0 aliphatic heterocycles. The largest absolute Gasteiger partial charge is 0.308 e. The van der Waals surface area contributed by atoms with Crippen LogP contribution in [0.15, 0.2) is 32.9 Å². The third kappa shape index (κ3) is 3.93. The van der Waals surface area contributed by atoms with Crippen LogP contribution in [0.4, 0.5) is 5.82 Å². The van der Waals surface area contributed by atoms with Gasteiger partial charge in [-0.3, -0.25) is 0 Å². The molecule has 112 valence electrons. The molecule has 0 saturated heterocycles. The van der Waals surface area contributed by atoms with E-state index in [2.05, 4.69) is 57.1 Å². The summed E-state index contributed by atoms with van der Waals surface area (Å²) >= 11 is 4.89. The van der Waals surface area contributed by atoms with Crippen molar-refractivity contribution in [3.63, 3.8) is 0 Å². The third-order valence-corrected chi connectivity index (χ3v) is 4.32. The van der Waals surface area contributed by atoms with Crippen LogP contribution in [0.5, 0.6) is 0 Å². The number of hydrogen-bond donors (Lipinski definition) is 2. The van der Waals surface area contributed by atoms with Gasteiger partial charge in [-0.15, -0.1) is 0 Å². The highest BCUT2D eigenvalue weighted by atomic mass is 79.9. The molecular weight excluding hydrogens is 350 g/mol. The molecule has 0 aliphatic rings. The normalized spacial score (nSPS) is 11.5. The van der Waals surface area contributed by atoms with Crippen molar-refractivity contribution in [2.45, 2.75) is 43.2 Å². The highest BCUT2D eigenvalue weighted by molar-refractivity contribution is 9.10. The molecule has 0 unspecified atom stereocenters. The lowest BCUT2D eigenvalue weighted by Gasteiger charge is -2.19. The van der Waals surface area contributed by atoms with Crippen LogP contribution in [0.1, 0.15) is 32.2 Å². The smallest absolute Gasteiger partial charge is 0.147 e. The summed E-state index contributed by atoms with van der Waals surface area (Å²) in [6.45, 7) is 8.17. The van der Waals surface area contributed by atoms with Crippen LogP contribution in [0.25, 0.3) is 0 Å². The van der Waals surface area contributed by atoms with Crippen molar-refractivity contribution in [2.24, 2.45) is 5.84 Å². The number of nitrogen functional groups attached to an aromatic ring is 1. The van der Waals surface area contributed by atoms with E-state index >= 15 is 0 Å². The van der Waals surface area contributed by atoms with Gasteiger partial charge in [0.15, 0.2) is 0 Å². The molecule has 0 atom stereocenters. The molecule has 0 bridgehead atoms. The fraction of sp³-hybridized carbons (Fsp3) is 0.357. The Labute approximate surface area is 137 Å². The van der Waals surface area contributed by atoms with Gasteiger partial charge in [0.2, 0.25) is 0 Å². The van der Waals surface area contributed by atoms with Crippen LogP contribution >= 0.6 is 27.7 Å². The van der Waals surface area contributed by atoms with E-state index in [1.54, 1.807) is 6.20 Å². The van der Waals surface area contributed by atoms with Gasteiger partial charge in [-0.1, -0.05) is 20.8 Å². The lowest BCUT2D eigenvalue weighted by atomic mass is 9.95. The number of rotatable bonds is 3. The van der Waals surface area contributed by atoms with Crippen LogP contribution in [0, 0.1) is 6.92 Å². The monoisotopic (exact) mass is 367 g/mol. The average molecular weight is 368 g/mol. The van der Waals surface area contributed by atoms with Crippen LogP contribution < -0.4 is 11.3 Å². The Morgan fingerprint density at radius 2 is 1.95 bits per heavy atom. The minimum absolute atomic E-state index is 0.151. The summed E-state index contributed by atoms with van der Waals surface area (Å²) in [5, 5.41) is 1.74. The molecule has 0 aromatic carbocycles. The SMILES string of the molecule is Cc1c(NN)nc(C(C)(C)C)nc1Sc1ccc(Br)cn1. The highest BCUT2D eigenvalue weighted by Crippen LogP contribution is 2.32. The van der Waals surface area contributed by atoms with Crippen LogP contribution in [0.3, 0.4) is 0 Å². The Hall–Kier alpha value is -1.18. The molecule has 7 heteroatoms. The Balaban J connectivity index is 2.44. The van der Waals surface area contributed by atoms with E-state index in [1.807, 2.05) is 19.1 Å². The maximum atomic E-state index is 5.57. The van der Waals surface area contributed by atoms with Crippen molar-refractivity contribution < 1.29 is 0 Å². The molecule has 0 amide bonds. The number of nitrogens with two attached hydrogens (primary N) is 1. The molecule has 3 N–H and O–H groups in total. The number of halogens is 1. The van der Waals surface area contributed by atoms with Gasteiger partial charge in [0, 0.05) is 21.6 Å². The van der Waals surface area contributed by atoms with Crippen molar-refractivity contribution in [2.75, 3.05) is 5.43 Å². The third-order valence-electron chi connectivity index (χ3n) is 2.81. The minimum atomic E-state index is -0.151. The first kappa shape index (κ1) is 16.2. The van der Waals surface area contributed by atoms with Gasteiger partial charge in [0.25, 0.3) is 0 Å². The van der Waals surface area contributed by atoms with Crippen molar-refractivity contribution in [3.8, 4) is 0 Å². The standard InChI is InChI=1S/C14H18BrN5S/c1-8-11(20-16)18-13(14(2,3)4)19-12(8)21-10-6-5-9(15)7-17-10/h5-7H,16H2,1-4H3,(H,18,19,20). The molecule has 5 nitrogen and oxygen atoms in total. The van der Waals surface area contributed by atoms with Gasteiger partial charge in [0.1, 0.15) is 21.7 Å². The average Bonchev–Trinajstić information content (AvgIpc) is 2.42. The summed E-state index contributed by atoms with van der Waals surface area (Å²) in [4.78, 5) is 13.5. The van der Waals surface area contributed by atoms with E-state index in [4.69, 9.17) is 5.84 Å². The molecule has 0 aliphatic carbocycles. The van der Waals surface area contributed by atoms with Crippen molar-refractivity contribution in [1.82, 2.24) is 15.0 Å². The fourth-order valence-corrected chi connectivity index (χ4v) is 2.65. The Morgan fingerprint density at radius 1 is 1.24 bits per heavy atom. The van der Waals surface area contributed by atoms with Crippen molar-refractivity contribution >= 4 is 33.5 Å². The van der Waals surface area contributed by atoms with E-state index in [1.165, 1.54) is 11.8 Å². The number of nitrogens with one attached hydrogen (secondary N) is 1. The first-order valence-corrected chi connectivity index (χ1v) is 8.07. The first-order chi connectivity index (χ1) is 9.81. The molecule has 0 radical (unpaired) electrons. The number of pyridine rings is 1. The second kappa shape index (κ2) is 6.29. The van der Waals surface area contributed by atoms with Gasteiger partial charge >= 0.3 is 0 Å². The molecule has 2 aromatic heterocycles. The van der Waals surface area contributed by atoms with Gasteiger partial charge < -0.3 is 5.43 Å². The topological polar surface area (TPSA) is 76.7 Å². The van der Waals surface area contributed by atoms with Gasteiger partial charge in [-0.25, -0.2) is 20.8 Å². The van der Waals surface area contributed by atoms with Crippen LogP contribution in [-0.4, -0.2) is 15.0 Å². The second-order valence-electron chi connectivity index (χ2n) is 5.64. The zero-order chi connectivity index (χ0) is 15.6. The first-order valence-electron chi connectivity index (χ1n) is 6.46. The summed E-state index contributed by atoms with van der Waals surface area (Å²) in [5.41, 5.74) is 3.42. The lowest BCUT2D eigenvalue weighted by molar-refractivity contribution is 0.538. The Kier molecular flexibility index (Phi) is 4.85. The van der Waals surface area contributed by atoms with Crippen LogP contribution in [-0.2, 0) is 5.41 Å². The molecule has 2 heterocycles. The van der Waals surface area contributed by atoms with Crippen molar-refractivity contribution in [1.29, 1.82) is 0 Å². The second-order valence-corrected chi connectivity index (χ2v) is 7.56. The molecule has 0 saturated carbocycles. The Bertz CT molecular complexity index is 637. The highest BCUT2D eigenvalue weighted by Gasteiger charge is 2.21. The van der Waals surface area contributed by atoms with E-state index in [0.29, 0.717) is 5.82 Å². The van der Waals surface area contributed by atoms with Gasteiger partial charge in [-0.05, 0) is 46.7 Å². The summed E-state index contributed by atoms with van der Waals surface area (Å²) in [7, 11) is 0. The number of hydrogen-bond acceptors (Lipinski definition) is 6. The molecule has 0 spiro atoms. The number of nitrogens with zero attached hydrogens (tertiary/aromatic N) is 3. The maximum absolute atomic E-state index is 5.57. The van der Waals surface area contributed by atoms with Gasteiger partial charge in [-0.2, -0.15) is 0 Å². The lowest BCUT2D eigenvalue weighted by Crippen LogP contribution is -2.20. The number of aromatic nitrogens is 3. The quantitative estimate of drug-likeness (QED) is 0.489. The van der Waals surface area contributed by atoms with Crippen LogP contribution in [0.2, 0.25) is 0 Å². The van der Waals surface area contributed by atoms with E-state index in [9.17, 15) is 0 Å². The van der Waals surface area contributed by atoms with E-state index in [0.717, 1.165) is 25.9 Å². The zero-order valence-electron chi connectivity index (χ0n) is 12.4.